The molecule has 1 aliphatic rings. The first-order valence-electron chi connectivity index (χ1n) is 4.99. The minimum Gasteiger partial charge on any atom is -0.401 e. The van der Waals surface area contributed by atoms with Crippen LogP contribution in [0.15, 0.2) is 22.1 Å². The summed E-state index contributed by atoms with van der Waals surface area (Å²) in [4.78, 5) is 34.3. The molecule has 8 nitrogen and oxygen atoms in total. The van der Waals surface area contributed by atoms with Crippen LogP contribution < -0.4 is 5.32 Å². The topological polar surface area (TPSA) is 106 Å². The van der Waals surface area contributed by atoms with Crippen LogP contribution in [0.1, 0.15) is 5.76 Å². The smallest absolute Gasteiger partial charge is 0.401 e. The molecule has 0 saturated carbocycles. The van der Waals surface area contributed by atoms with E-state index in [-0.39, 0.29) is 16.4 Å². The van der Waals surface area contributed by atoms with E-state index in [0.29, 0.717) is 0 Å². The minimum absolute atomic E-state index is 0.00224. The molecule has 0 atom stereocenters. The maximum Gasteiger partial charge on any atom is 0.433 e. The van der Waals surface area contributed by atoms with Gasteiger partial charge in [0.1, 0.15) is 16.3 Å². The molecule has 0 aliphatic carbocycles. The van der Waals surface area contributed by atoms with Crippen LogP contribution in [-0.4, -0.2) is 33.8 Å². The molecule has 1 aromatic heterocycles. The summed E-state index contributed by atoms with van der Waals surface area (Å²) in [6.45, 7) is 0. The summed E-state index contributed by atoms with van der Waals surface area (Å²) in [6, 6.07) is 2.42. The van der Waals surface area contributed by atoms with Gasteiger partial charge in [0.15, 0.2) is 5.11 Å². The summed E-state index contributed by atoms with van der Waals surface area (Å²) >= 11 is 4.77. The number of likely N-dealkylation sites (N-methyl/N-ethyl adjacent to an activating group) is 1. The average molecular weight is 281 g/mol. The molecule has 0 radical (unpaired) electrons. The lowest BCUT2D eigenvalue weighted by molar-refractivity contribution is -0.402. The van der Waals surface area contributed by atoms with E-state index >= 15 is 0 Å². The van der Waals surface area contributed by atoms with E-state index in [2.05, 4.69) is 5.32 Å². The second kappa shape index (κ2) is 4.61. The molecular formula is C10H7N3O5S. The number of nitro groups is 1. The van der Waals surface area contributed by atoms with Gasteiger partial charge in [-0.15, -0.1) is 0 Å². The number of carbonyl (C=O) groups excluding carboxylic acids is 2. The molecule has 1 aliphatic heterocycles. The zero-order valence-corrected chi connectivity index (χ0v) is 10.4. The van der Waals surface area contributed by atoms with Crippen LogP contribution in [0.3, 0.4) is 0 Å². The number of hydrogen-bond donors (Lipinski definition) is 1. The summed E-state index contributed by atoms with van der Waals surface area (Å²) < 4.78 is 4.85. The van der Waals surface area contributed by atoms with Crippen molar-refractivity contribution < 1.29 is 18.9 Å². The number of nitrogens with zero attached hydrogens (tertiary/aromatic N) is 2. The van der Waals surface area contributed by atoms with Crippen molar-refractivity contribution in [1.29, 1.82) is 0 Å². The predicted molar refractivity (Wildman–Crippen MR) is 66.9 cm³/mol. The predicted octanol–water partition coefficient (Wildman–Crippen LogP) is 0.444. The molecule has 0 spiro atoms. The van der Waals surface area contributed by atoms with Gasteiger partial charge in [-0.1, -0.05) is 0 Å². The van der Waals surface area contributed by atoms with Gasteiger partial charge >= 0.3 is 5.88 Å². The molecule has 1 saturated heterocycles. The number of amides is 2. The van der Waals surface area contributed by atoms with Gasteiger partial charge in [-0.2, -0.15) is 0 Å². The summed E-state index contributed by atoms with van der Waals surface area (Å²) in [6.07, 6.45) is 1.13. The van der Waals surface area contributed by atoms with Crippen LogP contribution in [0, 0.1) is 10.1 Å². The van der Waals surface area contributed by atoms with Gasteiger partial charge in [0.05, 0.1) is 6.07 Å². The third kappa shape index (κ3) is 2.36. The highest BCUT2D eigenvalue weighted by molar-refractivity contribution is 7.80. The van der Waals surface area contributed by atoms with Crippen molar-refractivity contribution in [2.45, 2.75) is 0 Å². The molecule has 1 N–H and O–H groups in total. The summed E-state index contributed by atoms with van der Waals surface area (Å²) in [5, 5.41) is 12.8. The average Bonchev–Trinajstić information content (AvgIpc) is 2.81. The largest absolute Gasteiger partial charge is 0.433 e. The highest BCUT2D eigenvalue weighted by Gasteiger charge is 2.31. The first-order valence-corrected chi connectivity index (χ1v) is 5.40. The lowest BCUT2D eigenvalue weighted by Gasteiger charge is -2.24. The molecule has 9 heteroatoms. The van der Waals surface area contributed by atoms with Crippen molar-refractivity contribution in [3.63, 3.8) is 0 Å². The third-order valence-corrected chi connectivity index (χ3v) is 2.76. The number of carbonyl (C=O) groups is 2. The van der Waals surface area contributed by atoms with E-state index in [4.69, 9.17) is 16.6 Å². The second-order valence-corrected chi connectivity index (χ2v) is 4.00. The Morgan fingerprint density at radius 1 is 1.47 bits per heavy atom. The van der Waals surface area contributed by atoms with Gasteiger partial charge < -0.3 is 4.42 Å². The number of thiocarbonyl (C=S) groups is 1. The van der Waals surface area contributed by atoms with E-state index in [1.165, 1.54) is 13.1 Å². The number of hydrogen-bond acceptors (Lipinski definition) is 6. The Balaban J connectivity index is 2.35. The fourth-order valence-corrected chi connectivity index (χ4v) is 1.58. The summed E-state index contributed by atoms with van der Waals surface area (Å²) in [5.74, 6) is -1.72. The zero-order chi connectivity index (χ0) is 14.2. The van der Waals surface area contributed by atoms with Crippen molar-refractivity contribution in [1.82, 2.24) is 10.2 Å². The quantitative estimate of drug-likeness (QED) is 0.277. The van der Waals surface area contributed by atoms with Crippen LogP contribution in [0.25, 0.3) is 6.08 Å². The lowest BCUT2D eigenvalue weighted by atomic mass is 10.1. The summed E-state index contributed by atoms with van der Waals surface area (Å²) in [7, 11) is 1.41. The maximum absolute atomic E-state index is 11.8. The highest BCUT2D eigenvalue weighted by Crippen LogP contribution is 2.19. The van der Waals surface area contributed by atoms with E-state index in [0.717, 1.165) is 17.0 Å². The van der Waals surface area contributed by atoms with Gasteiger partial charge in [0, 0.05) is 7.05 Å². The summed E-state index contributed by atoms with van der Waals surface area (Å²) in [5.41, 5.74) is -0.208. The normalized spacial score (nSPS) is 17.8. The lowest BCUT2D eigenvalue weighted by Crippen LogP contribution is -2.52. The third-order valence-electron chi connectivity index (χ3n) is 2.38. The highest BCUT2D eigenvalue weighted by atomic mass is 32.1. The van der Waals surface area contributed by atoms with Crippen LogP contribution >= 0.6 is 12.2 Å². The Morgan fingerprint density at radius 2 is 2.16 bits per heavy atom. The van der Waals surface area contributed by atoms with Crippen LogP contribution in [0.4, 0.5) is 5.88 Å². The Kier molecular flexibility index (Phi) is 3.13. The minimum atomic E-state index is -0.716. The van der Waals surface area contributed by atoms with Gasteiger partial charge in [-0.25, -0.2) is 0 Å². The molecule has 2 rings (SSSR count). The molecule has 1 aromatic rings. The fourth-order valence-electron chi connectivity index (χ4n) is 1.41. The monoisotopic (exact) mass is 281 g/mol. The van der Waals surface area contributed by atoms with Crippen LogP contribution in [0.5, 0.6) is 0 Å². The van der Waals surface area contributed by atoms with E-state index in [9.17, 15) is 19.7 Å². The zero-order valence-electron chi connectivity index (χ0n) is 9.58. The number of rotatable bonds is 2. The Bertz CT molecular complexity index is 633. The SMILES string of the molecule is CN1C(=O)/C(=C/c2ccc([N+](=O)[O-])o2)C(=O)NC1=S. The Labute approximate surface area is 111 Å². The van der Waals surface area contributed by atoms with Gasteiger partial charge in [-0.05, 0) is 24.4 Å². The van der Waals surface area contributed by atoms with Crippen LogP contribution in [-0.2, 0) is 9.59 Å². The standard InChI is InChI=1S/C10H7N3O5S/c1-12-9(15)6(8(14)11-10(12)19)4-5-2-3-7(18-5)13(16)17/h2-4H,1H3,(H,11,14,19)/b6-4+. The van der Waals surface area contributed by atoms with Gasteiger partial charge in [0.2, 0.25) is 0 Å². The number of nitrogens with one attached hydrogen (secondary N) is 1. The second-order valence-electron chi connectivity index (χ2n) is 3.61. The van der Waals surface area contributed by atoms with E-state index < -0.39 is 22.6 Å². The number of furan rings is 1. The molecule has 1 fully saturated rings. The van der Waals surface area contributed by atoms with Crippen molar-refractivity contribution in [2.24, 2.45) is 0 Å². The van der Waals surface area contributed by atoms with Crippen LogP contribution in [0.2, 0.25) is 0 Å². The maximum atomic E-state index is 11.8. The molecule has 0 aromatic carbocycles. The van der Waals surface area contributed by atoms with Gasteiger partial charge in [0.25, 0.3) is 11.8 Å². The van der Waals surface area contributed by atoms with Crippen molar-refractivity contribution in [3.8, 4) is 0 Å². The van der Waals surface area contributed by atoms with E-state index in [1.807, 2.05) is 0 Å². The molecule has 98 valence electrons. The van der Waals surface area contributed by atoms with Gasteiger partial charge in [-0.3, -0.25) is 29.9 Å². The first kappa shape index (κ1) is 12.9. The Hall–Kier alpha value is -2.55. The van der Waals surface area contributed by atoms with Crippen molar-refractivity contribution in [2.75, 3.05) is 7.05 Å². The Morgan fingerprint density at radius 3 is 2.74 bits per heavy atom. The van der Waals surface area contributed by atoms with E-state index in [1.54, 1.807) is 0 Å². The molecule has 0 bridgehead atoms. The molecule has 0 unspecified atom stereocenters. The van der Waals surface area contributed by atoms with Crippen molar-refractivity contribution in [3.05, 3.63) is 33.6 Å². The fraction of sp³-hybridized carbons (Fsp3) is 0.100. The molecule has 2 heterocycles. The molecular weight excluding hydrogens is 274 g/mol. The van der Waals surface area contributed by atoms with Crippen molar-refractivity contribution >= 4 is 41.1 Å². The molecule has 19 heavy (non-hydrogen) atoms. The molecule has 2 amide bonds. The first-order chi connectivity index (χ1) is 8.90.